The summed E-state index contributed by atoms with van der Waals surface area (Å²) in [6.45, 7) is 0.572. The standard InChI is InChI=1S/C32H28F3N3O4/c33-32(34,35)42-23-13-9-20(10-14-23)18-38-29-16-15-24(41-19-22-12-11-21-5-1-4-8-27(21)36-22)17-28(29)37-30(38)25-6-2-3-7-26(25)31(39)40/h1,4-5,8-17,25-26H,2-3,6-7,18-19H2,(H,39,40)/t25-,26?/m1/s1. The van der Waals surface area contributed by atoms with Crippen LogP contribution in [0.15, 0.2) is 78.9 Å². The van der Waals surface area contributed by atoms with Crippen LogP contribution in [0.4, 0.5) is 13.2 Å². The second-order valence-corrected chi connectivity index (χ2v) is 10.5. The Morgan fingerprint density at radius 3 is 2.45 bits per heavy atom. The third-order valence-electron chi connectivity index (χ3n) is 7.70. The molecule has 0 amide bonds. The van der Waals surface area contributed by atoms with Crippen LogP contribution in [-0.4, -0.2) is 32.0 Å². The van der Waals surface area contributed by atoms with Gasteiger partial charge in [0, 0.05) is 23.9 Å². The topological polar surface area (TPSA) is 86.5 Å². The van der Waals surface area contributed by atoms with E-state index in [1.165, 1.54) is 12.1 Å². The number of para-hydroxylation sites is 1. The largest absolute Gasteiger partial charge is 0.573 e. The van der Waals surface area contributed by atoms with Gasteiger partial charge in [0.1, 0.15) is 23.9 Å². The molecule has 3 aromatic carbocycles. The van der Waals surface area contributed by atoms with E-state index in [4.69, 9.17) is 9.72 Å². The van der Waals surface area contributed by atoms with Crippen LogP contribution in [0.3, 0.4) is 0 Å². The summed E-state index contributed by atoms with van der Waals surface area (Å²) in [4.78, 5) is 21.7. The Balaban J connectivity index is 1.31. The van der Waals surface area contributed by atoms with Crippen LogP contribution in [-0.2, 0) is 17.9 Å². The Kier molecular flexibility index (Phi) is 7.45. The number of alkyl halides is 3. The lowest BCUT2D eigenvalue weighted by Gasteiger charge is -2.28. The number of hydrogen-bond donors (Lipinski definition) is 1. The van der Waals surface area contributed by atoms with Crippen LogP contribution in [0.5, 0.6) is 11.5 Å². The minimum atomic E-state index is -4.77. The van der Waals surface area contributed by atoms with E-state index in [0.717, 1.165) is 40.5 Å². The van der Waals surface area contributed by atoms with Crippen LogP contribution in [0.1, 0.15) is 48.7 Å². The number of aromatic nitrogens is 3. The number of nitrogens with zero attached hydrogens (tertiary/aromatic N) is 3. The summed E-state index contributed by atoms with van der Waals surface area (Å²) < 4.78 is 49.9. The van der Waals surface area contributed by atoms with Gasteiger partial charge < -0.3 is 19.1 Å². The average Bonchev–Trinajstić information content (AvgIpc) is 3.33. The molecule has 2 atom stereocenters. The fraction of sp³-hybridized carbons (Fsp3) is 0.281. The Morgan fingerprint density at radius 1 is 0.905 bits per heavy atom. The zero-order valence-corrected chi connectivity index (χ0v) is 22.6. The molecule has 1 N–H and O–H groups in total. The van der Waals surface area contributed by atoms with Gasteiger partial charge >= 0.3 is 12.3 Å². The summed E-state index contributed by atoms with van der Waals surface area (Å²) in [7, 11) is 0. The van der Waals surface area contributed by atoms with Crippen molar-refractivity contribution in [2.24, 2.45) is 5.92 Å². The number of carboxylic acids is 1. The Labute approximate surface area is 239 Å². The molecule has 7 nitrogen and oxygen atoms in total. The second kappa shape index (κ2) is 11.3. The highest BCUT2D eigenvalue weighted by Crippen LogP contribution is 2.39. The van der Waals surface area contributed by atoms with Crippen molar-refractivity contribution in [3.8, 4) is 11.5 Å². The molecule has 216 valence electrons. The number of carboxylic acid groups (broad SMARTS) is 1. The van der Waals surface area contributed by atoms with Crippen molar-refractivity contribution >= 4 is 27.9 Å². The van der Waals surface area contributed by atoms with Gasteiger partial charge in [-0.25, -0.2) is 9.97 Å². The molecule has 1 unspecified atom stereocenters. The van der Waals surface area contributed by atoms with Gasteiger partial charge in [-0.1, -0.05) is 49.2 Å². The molecule has 10 heteroatoms. The highest BCUT2D eigenvalue weighted by atomic mass is 19.4. The lowest BCUT2D eigenvalue weighted by atomic mass is 9.78. The molecular weight excluding hydrogens is 547 g/mol. The van der Waals surface area contributed by atoms with Crippen molar-refractivity contribution < 1.29 is 32.5 Å². The number of ether oxygens (including phenoxy) is 2. The van der Waals surface area contributed by atoms with E-state index >= 15 is 0 Å². The van der Waals surface area contributed by atoms with Gasteiger partial charge in [0.15, 0.2) is 0 Å². The number of benzene rings is 3. The molecule has 2 aromatic heterocycles. The summed E-state index contributed by atoms with van der Waals surface area (Å²) >= 11 is 0. The van der Waals surface area contributed by atoms with Gasteiger partial charge in [0.05, 0.1) is 28.2 Å². The average molecular weight is 576 g/mol. The Hall–Kier alpha value is -4.60. The lowest BCUT2D eigenvalue weighted by Crippen LogP contribution is -2.27. The smallest absolute Gasteiger partial charge is 0.487 e. The summed E-state index contributed by atoms with van der Waals surface area (Å²) in [5.74, 6) is -0.752. The van der Waals surface area contributed by atoms with E-state index in [-0.39, 0.29) is 18.3 Å². The Morgan fingerprint density at radius 2 is 1.67 bits per heavy atom. The molecule has 1 fully saturated rings. The quantitative estimate of drug-likeness (QED) is 0.207. The van der Waals surface area contributed by atoms with Crippen molar-refractivity contribution in [1.82, 2.24) is 14.5 Å². The summed E-state index contributed by atoms with van der Waals surface area (Å²) in [6, 6.07) is 23.0. The van der Waals surface area contributed by atoms with Crippen LogP contribution in [0.25, 0.3) is 21.9 Å². The predicted molar refractivity (Wildman–Crippen MR) is 150 cm³/mol. The van der Waals surface area contributed by atoms with Crippen molar-refractivity contribution in [3.63, 3.8) is 0 Å². The van der Waals surface area contributed by atoms with Crippen molar-refractivity contribution in [1.29, 1.82) is 0 Å². The molecule has 0 radical (unpaired) electrons. The van der Waals surface area contributed by atoms with E-state index in [9.17, 15) is 23.1 Å². The second-order valence-electron chi connectivity index (χ2n) is 10.5. The van der Waals surface area contributed by atoms with E-state index in [1.54, 1.807) is 12.1 Å². The SMILES string of the molecule is O=C(O)C1CCCC[C@H]1c1nc2cc(OCc3ccc4ccccc4n3)ccc2n1Cc1ccc(OC(F)(F)F)cc1. The van der Waals surface area contributed by atoms with Gasteiger partial charge in [-0.3, -0.25) is 4.79 Å². The predicted octanol–water partition coefficient (Wildman–Crippen LogP) is 7.47. The molecular formula is C32H28F3N3O4. The fourth-order valence-electron chi connectivity index (χ4n) is 5.73. The van der Waals surface area contributed by atoms with Crippen molar-refractivity contribution in [2.45, 2.75) is 51.1 Å². The van der Waals surface area contributed by atoms with E-state index in [2.05, 4.69) is 9.72 Å². The molecule has 0 spiro atoms. The first-order valence-electron chi connectivity index (χ1n) is 13.8. The summed E-state index contributed by atoms with van der Waals surface area (Å²) in [5, 5.41) is 11.0. The molecule has 1 saturated carbocycles. The molecule has 0 bridgehead atoms. The molecule has 1 aliphatic rings. The van der Waals surface area contributed by atoms with Gasteiger partial charge in [0.25, 0.3) is 0 Å². The molecule has 2 heterocycles. The lowest BCUT2D eigenvalue weighted by molar-refractivity contribution is -0.274. The maximum absolute atomic E-state index is 12.6. The highest BCUT2D eigenvalue weighted by Gasteiger charge is 2.35. The molecule has 5 aromatic rings. The maximum atomic E-state index is 12.6. The van der Waals surface area contributed by atoms with E-state index in [0.29, 0.717) is 36.5 Å². The summed E-state index contributed by atoms with van der Waals surface area (Å²) in [5.41, 5.74) is 3.84. The molecule has 0 saturated heterocycles. The first-order valence-corrected chi connectivity index (χ1v) is 13.8. The molecule has 0 aliphatic heterocycles. The minimum absolute atomic E-state index is 0.264. The van der Waals surface area contributed by atoms with Gasteiger partial charge in [0.2, 0.25) is 0 Å². The van der Waals surface area contributed by atoms with Crippen LogP contribution in [0, 0.1) is 5.92 Å². The number of aliphatic carboxylic acids is 1. The molecule has 6 rings (SSSR count). The monoisotopic (exact) mass is 575 g/mol. The number of rotatable bonds is 8. The van der Waals surface area contributed by atoms with Crippen molar-refractivity contribution in [3.05, 3.63) is 95.9 Å². The number of hydrogen-bond acceptors (Lipinski definition) is 5. The number of pyridine rings is 1. The van der Waals surface area contributed by atoms with Gasteiger partial charge in [-0.15, -0.1) is 13.2 Å². The first-order chi connectivity index (χ1) is 20.2. The number of imidazole rings is 1. The molecule has 42 heavy (non-hydrogen) atoms. The Bertz CT molecular complexity index is 1730. The van der Waals surface area contributed by atoms with E-state index in [1.807, 2.05) is 59.2 Å². The fourth-order valence-corrected chi connectivity index (χ4v) is 5.73. The van der Waals surface area contributed by atoms with Crippen LogP contribution < -0.4 is 9.47 Å². The first kappa shape index (κ1) is 27.6. The number of carbonyl (C=O) groups is 1. The zero-order chi connectivity index (χ0) is 29.3. The maximum Gasteiger partial charge on any atom is 0.573 e. The number of halogens is 3. The van der Waals surface area contributed by atoms with Crippen LogP contribution in [0.2, 0.25) is 0 Å². The third kappa shape index (κ3) is 6.02. The normalized spacial score (nSPS) is 17.4. The van der Waals surface area contributed by atoms with E-state index < -0.39 is 18.2 Å². The zero-order valence-electron chi connectivity index (χ0n) is 22.6. The minimum Gasteiger partial charge on any atom is -0.487 e. The summed E-state index contributed by atoms with van der Waals surface area (Å²) in [6.07, 6.45) is -1.77. The van der Waals surface area contributed by atoms with Crippen molar-refractivity contribution in [2.75, 3.05) is 0 Å². The molecule has 1 aliphatic carbocycles. The number of fused-ring (bicyclic) bond motifs is 2. The van der Waals surface area contributed by atoms with Crippen LogP contribution >= 0.6 is 0 Å². The third-order valence-corrected chi connectivity index (χ3v) is 7.70. The van der Waals surface area contributed by atoms with Gasteiger partial charge in [-0.05, 0) is 54.8 Å². The van der Waals surface area contributed by atoms with Gasteiger partial charge in [-0.2, -0.15) is 0 Å². The highest BCUT2D eigenvalue weighted by molar-refractivity contribution is 5.79.